The topological polar surface area (TPSA) is 79.6 Å². The first-order valence-electron chi connectivity index (χ1n) is 15.0. The van der Waals surface area contributed by atoms with E-state index >= 15 is 4.39 Å². The summed E-state index contributed by atoms with van der Waals surface area (Å²) in [6, 6.07) is 6.29. The number of likely N-dealkylation sites (tertiary alicyclic amines) is 1. The molecule has 2 fully saturated rings. The van der Waals surface area contributed by atoms with Crippen LogP contribution in [0.4, 0.5) is 10.2 Å². The minimum atomic E-state index is -0.403. The summed E-state index contributed by atoms with van der Waals surface area (Å²) < 4.78 is 25.0. The van der Waals surface area contributed by atoms with E-state index in [0.717, 1.165) is 47.0 Å². The monoisotopic (exact) mass is 585 g/mol. The zero-order valence-electron chi connectivity index (χ0n) is 25.9. The van der Waals surface area contributed by atoms with Gasteiger partial charge in [-0.05, 0) is 77.4 Å². The van der Waals surface area contributed by atoms with Crippen LogP contribution in [-0.2, 0) is 11.8 Å². The molecule has 9 nitrogen and oxygen atoms in total. The number of carbonyl (C=O) groups is 1. The van der Waals surface area contributed by atoms with Crippen molar-refractivity contribution < 1.29 is 13.9 Å². The molecule has 10 heteroatoms. The van der Waals surface area contributed by atoms with Crippen molar-refractivity contribution in [3.05, 3.63) is 54.0 Å². The first kappa shape index (κ1) is 29.0. The summed E-state index contributed by atoms with van der Waals surface area (Å²) in [6.45, 7) is 14.2. The Morgan fingerprint density at radius 2 is 1.91 bits per heavy atom. The molecule has 0 N–H and O–H groups in total. The molecule has 0 radical (unpaired) electrons. The lowest BCUT2D eigenvalue weighted by molar-refractivity contribution is -0.128. The number of aromatic nitrogens is 4. The summed E-state index contributed by atoms with van der Waals surface area (Å²) in [6.07, 6.45) is 5.32. The summed E-state index contributed by atoms with van der Waals surface area (Å²) in [5, 5.41) is 6.02. The van der Waals surface area contributed by atoms with Crippen LogP contribution in [0.5, 0.6) is 6.01 Å². The number of rotatable bonds is 6. The fourth-order valence-corrected chi connectivity index (χ4v) is 6.80. The molecule has 0 saturated carbocycles. The van der Waals surface area contributed by atoms with Gasteiger partial charge in [-0.25, -0.2) is 4.39 Å². The van der Waals surface area contributed by atoms with E-state index in [2.05, 4.69) is 35.4 Å². The van der Waals surface area contributed by atoms with Gasteiger partial charge in [0.05, 0.1) is 11.7 Å². The Morgan fingerprint density at radius 3 is 2.63 bits per heavy atom. The van der Waals surface area contributed by atoms with Gasteiger partial charge in [-0.3, -0.25) is 9.48 Å². The number of hydrogen-bond acceptors (Lipinski definition) is 7. The first-order chi connectivity index (χ1) is 20.6. The van der Waals surface area contributed by atoms with E-state index in [1.807, 2.05) is 50.9 Å². The Kier molecular flexibility index (Phi) is 7.58. The summed E-state index contributed by atoms with van der Waals surface area (Å²) in [7, 11) is 3.97. The van der Waals surface area contributed by atoms with Crippen molar-refractivity contribution in [3.8, 4) is 17.1 Å². The molecule has 4 aromatic rings. The average molecular weight is 586 g/mol. The third-order valence-corrected chi connectivity index (χ3v) is 9.24. The molecule has 2 aliphatic rings. The van der Waals surface area contributed by atoms with Crippen molar-refractivity contribution in [2.24, 2.45) is 7.05 Å². The lowest BCUT2D eigenvalue weighted by Gasteiger charge is -2.44. The fourth-order valence-electron chi connectivity index (χ4n) is 6.80. The number of benzene rings is 2. The molecule has 0 aliphatic carbocycles. The third kappa shape index (κ3) is 5.01. The third-order valence-electron chi connectivity index (χ3n) is 9.24. The molecule has 3 atom stereocenters. The molecule has 2 aliphatic heterocycles. The molecule has 0 unspecified atom stereocenters. The molecule has 1 amide bonds. The summed E-state index contributed by atoms with van der Waals surface area (Å²) in [4.78, 5) is 28.4. The number of carbonyl (C=O) groups excluding carboxylic acids is 1. The van der Waals surface area contributed by atoms with Crippen LogP contribution in [0, 0.1) is 19.7 Å². The van der Waals surface area contributed by atoms with E-state index < -0.39 is 5.82 Å². The number of amides is 1. The molecule has 0 spiro atoms. The highest BCUT2D eigenvalue weighted by molar-refractivity contribution is 6.01. The second-order valence-corrected chi connectivity index (χ2v) is 12.2. The van der Waals surface area contributed by atoms with Gasteiger partial charge in [0.1, 0.15) is 17.9 Å². The molecular weight excluding hydrogens is 545 g/mol. The second kappa shape index (κ2) is 11.2. The van der Waals surface area contributed by atoms with Gasteiger partial charge in [-0.15, -0.1) is 0 Å². The Hall–Kier alpha value is -4.05. The quantitative estimate of drug-likeness (QED) is 0.294. The van der Waals surface area contributed by atoms with Crippen molar-refractivity contribution in [1.82, 2.24) is 29.5 Å². The maximum Gasteiger partial charge on any atom is 0.319 e. The van der Waals surface area contributed by atoms with Gasteiger partial charge in [0.25, 0.3) is 0 Å². The molecule has 43 heavy (non-hydrogen) atoms. The normalized spacial score (nSPS) is 21.2. The van der Waals surface area contributed by atoms with Gasteiger partial charge in [0, 0.05) is 60.2 Å². The molecule has 4 heterocycles. The number of halogens is 1. The van der Waals surface area contributed by atoms with E-state index in [0.29, 0.717) is 36.5 Å². The van der Waals surface area contributed by atoms with Gasteiger partial charge < -0.3 is 19.4 Å². The van der Waals surface area contributed by atoms with E-state index in [9.17, 15) is 4.79 Å². The lowest BCUT2D eigenvalue weighted by atomic mass is 9.92. The zero-order chi connectivity index (χ0) is 30.6. The lowest BCUT2D eigenvalue weighted by Crippen LogP contribution is -2.58. The minimum absolute atomic E-state index is 0.0690. The Bertz CT molecular complexity index is 1730. The van der Waals surface area contributed by atoms with Crippen LogP contribution in [-0.4, -0.2) is 86.9 Å². The van der Waals surface area contributed by atoms with Crippen LogP contribution < -0.4 is 9.64 Å². The van der Waals surface area contributed by atoms with Crippen LogP contribution in [0.2, 0.25) is 0 Å². The molecule has 2 saturated heterocycles. The number of anilines is 1. The van der Waals surface area contributed by atoms with Crippen molar-refractivity contribution >= 4 is 33.5 Å². The highest BCUT2D eigenvalue weighted by Gasteiger charge is 2.34. The van der Waals surface area contributed by atoms with Gasteiger partial charge in [0.15, 0.2) is 5.82 Å². The standard InChI is InChI=1S/C33H40FN7O2/c1-8-26(42)40-16-22(5)41(17-21(40)4)32-25-14-20(3)27(28-19(2)11-12-23-15-35-39(7)31(23)28)29(34)30(25)36-33(37-32)43-18-24-10-9-13-38(24)6/h8,11-12,14-15,21-22,24H,1,9-10,13,16-18H2,2-7H3/t21-,22+,24-/m1/s1. The number of nitrogens with zero attached hydrogens (tertiary/aromatic N) is 7. The zero-order valence-corrected chi connectivity index (χ0v) is 25.9. The number of aryl methyl sites for hydroxylation is 3. The SMILES string of the molecule is C=CC(=O)N1C[C@H](C)N(c2nc(OC[C@H]3CCCN3C)nc3c(F)c(-c4c(C)ccc5cnn(C)c45)c(C)cc23)C[C@H]1C. The summed E-state index contributed by atoms with van der Waals surface area (Å²) in [5.74, 6) is 0.121. The second-order valence-electron chi connectivity index (χ2n) is 12.2. The fraction of sp³-hybridized carbons (Fsp3) is 0.455. The van der Waals surface area contributed by atoms with Gasteiger partial charge in [-0.1, -0.05) is 18.7 Å². The molecule has 6 rings (SSSR count). The van der Waals surface area contributed by atoms with Crippen molar-refractivity contribution in [2.75, 3.05) is 38.2 Å². The molecule has 0 bridgehead atoms. The van der Waals surface area contributed by atoms with Crippen LogP contribution >= 0.6 is 0 Å². The first-order valence-corrected chi connectivity index (χ1v) is 15.0. The number of hydrogen-bond donors (Lipinski definition) is 0. The van der Waals surface area contributed by atoms with Gasteiger partial charge in [-0.2, -0.15) is 15.1 Å². The van der Waals surface area contributed by atoms with E-state index in [-0.39, 0.29) is 35.6 Å². The Balaban J connectivity index is 1.52. The summed E-state index contributed by atoms with van der Waals surface area (Å²) >= 11 is 0. The Morgan fingerprint density at radius 1 is 1.12 bits per heavy atom. The maximum atomic E-state index is 17.0. The van der Waals surface area contributed by atoms with E-state index in [4.69, 9.17) is 14.7 Å². The number of ether oxygens (including phenoxy) is 1. The average Bonchev–Trinajstić information content (AvgIpc) is 3.58. The largest absolute Gasteiger partial charge is 0.462 e. The van der Waals surface area contributed by atoms with Crippen LogP contribution in [0.3, 0.4) is 0 Å². The van der Waals surface area contributed by atoms with Gasteiger partial charge >= 0.3 is 6.01 Å². The molecular formula is C33H40FN7O2. The van der Waals surface area contributed by atoms with Crippen molar-refractivity contribution in [1.29, 1.82) is 0 Å². The van der Waals surface area contributed by atoms with Gasteiger partial charge in [0.2, 0.25) is 5.91 Å². The highest BCUT2D eigenvalue weighted by Crippen LogP contribution is 2.41. The van der Waals surface area contributed by atoms with Crippen LogP contribution in [0.15, 0.2) is 37.1 Å². The molecule has 226 valence electrons. The smallest absolute Gasteiger partial charge is 0.319 e. The molecule has 2 aromatic carbocycles. The van der Waals surface area contributed by atoms with Crippen LogP contribution in [0.1, 0.15) is 37.8 Å². The highest BCUT2D eigenvalue weighted by atomic mass is 19.1. The van der Waals surface area contributed by atoms with Crippen LogP contribution in [0.25, 0.3) is 32.9 Å². The number of likely N-dealkylation sites (N-methyl/N-ethyl adjacent to an activating group) is 1. The van der Waals surface area contributed by atoms with E-state index in [1.165, 1.54) is 6.08 Å². The number of piperazine rings is 1. The Labute approximate surface area is 251 Å². The predicted octanol–water partition coefficient (Wildman–Crippen LogP) is 5.02. The molecule has 2 aromatic heterocycles. The predicted molar refractivity (Wildman–Crippen MR) is 168 cm³/mol. The maximum absolute atomic E-state index is 17.0. The van der Waals surface area contributed by atoms with Crippen molar-refractivity contribution in [3.63, 3.8) is 0 Å². The minimum Gasteiger partial charge on any atom is -0.462 e. The van der Waals surface area contributed by atoms with E-state index in [1.54, 1.807) is 10.9 Å². The summed E-state index contributed by atoms with van der Waals surface area (Å²) in [5.41, 5.74) is 4.16. The number of fused-ring (bicyclic) bond motifs is 2. The van der Waals surface area contributed by atoms with Crippen molar-refractivity contribution in [2.45, 2.75) is 58.7 Å².